The monoisotopic (exact) mass is 294 g/mol. The molecule has 0 radical (unpaired) electrons. The molecule has 2 N–H and O–H groups in total. The van der Waals surface area contributed by atoms with Crippen LogP contribution in [0.4, 0.5) is 0 Å². The number of rotatable bonds is 7. The molecule has 1 aromatic rings. The first-order valence-corrected chi connectivity index (χ1v) is 7.54. The van der Waals surface area contributed by atoms with Gasteiger partial charge in [-0.1, -0.05) is 12.1 Å². The van der Waals surface area contributed by atoms with Crippen LogP contribution < -0.4 is 10.1 Å². The van der Waals surface area contributed by atoms with Crippen molar-refractivity contribution in [3.63, 3.8) is 0 Å². The molecule has 118 valence electrons. The Bertz CT molecular complexity index is 422. The molecule has 1 unspecified atom stereocenters. The lowest BCUT2D eigenvalue weighted by Gasteiger charge is -2.29. The van der Waals surface area contributed by atoms with Crippen LogP contribution in [-0.2, 0) is 4.74 Å². The highest BCUT2D eigenvalue weighted by Crippen LogP contribution is 2.18. The van der Waals surface area contributed by atoms with Crippen LogP contribution in [0, 0.1) is 0 Å². The molecule has 0 saturated carbocycles. The summed E-state index contributed by atoms with van der Waals surface area (Å²) in [6.07, 6.45) is -0.365. The Hall–Kier alpha value is -1.14. The molecule has 1 heterocycles. The fourth-order valence-corrected chi connectivity index (χ4v) is 2.49. The van der Waals surface area contributed by atoms with E-state index in [4.69, 9.17) is 9.47 Å². The van der Waals surface area contributed by atoms with E-state index < -0.39 is 0 Å². The summed E-state index contributed by atoms with van der Waals surface area (Å²) < 4.78 is 10.5. The third kappa shape index (κ3) is 5.28. The highest BCUT2D eigenvalue weighted by Gasteiger charge is 2.15. The molecule has 5 nitrogen and oxygen atoms in total. The van der Waals surface area contributed by atoms with Gasteiger partial charge in [0.05, 0.1) is 26.4 Å². The third-order valence-electron chi connectivity index (χ3n) is 3.83. The average Bonchev–Trinajstić information content (AvgIpc) is 2.53. The van der Waals surface area contributed by atoms with Gasteiger partial charge < -0.3 is 19.9 Å². The lowest BCUT2D eigenvalue weighted by Crippen LogP contribution is -2.44. The van der Waals surface area contributed by atoms with E-state index in [1.54, 1.807) is 7.11 Å². The summed E-state index contributed by atoms with van der Waals surface area (Å²) in [5.41, 5.74) is 1.16. The van der Waals surface area contributed by atoms with E-state index in [-0.39, 0.29) is 12.1 Å². The van der Waals surface area contributed by atoms with Gasteiger partial charge in [-0.05, 0) is 24.6 Å². The molecule has 0 aliphatic carbocycles. The van der Waals surface area contributed by atoms with Gasteiger partial charge >= 0.3 is 0 Å². The largest absolute Gasteiger partial charge is 0.497 e. The number of methoxy groups -OCH3 is 1. The first-order chi connectivity index (χ1) is 10.2. The van der Waals surface area contributed by atoms with Crippen LogP contribution in [0.1, 0.15) is 18.5 Å². The third-order valence-corrected chi connectivity index (χ3v) is 3.83. The molecule has 2 rings (SSSR count). The Labute approximate surface area is 126 Å². The summed E-state index contributed by atoms with van der Waals surface area (Å²) in [6.45, 7) is 6.71. The molecule has 0 bridgehead atoms. The highest BCUT2D eigenvalue weighted by molar-refractivity contribution is 5.30. The predicted octanol–water partition coefficient (Wildman–Crippen LogP) is 1.04. The van der Waals surface area contributed by atoms with Crippen molar-refractivity contribution in [2.24, 2.45) is 0 Å². The summed E-state index contributed by atoms with van der Waals surface area (Å²) in [7, 11) is 1.67. The topological polar surface area (TPSA) is 54.0 Å². The number of nitrogens with zero attached hydrogens (tertiary/aromatic N) is 1. The maximum absolute atomic E-state index is 10.1. The van der Waals surface area contributed by atoms with Gasteiger partial charge in [0.2, 0.25) is 0 Å². The van der Waals surface area contributed by atoms with Crippen molar-refractivity contribution in [2.75, 3.05) is 46.5 Å². The van der Waals surface area contributed by atoms with Crippen molar-refractivity contribution in [3.05, 3.63) is 29.8 Å². The van der Waals surface area contributed by atoms with Crippen LogP contribution in [0.2, 0.25) is 0 Å². The number of hydrogen-bond donors (Lipinski definition) is 2. The molecule has 1 aliphatic rings. The molecule has 1 aliphatic heterocycles. The van der Waals surface area contributed by atoms with Gasteiger partial charge in [-0.2, -0.15) is 0 Å². The molecule has 1 saturated heterocycles. The number of β-amino-alcohol motifs (C(OH)–C–C–N with tert-alkyl or cyclic N) is 1. The highest BCUT2D eigenvalue weighted by atomic mass is 16.5. The van der Waals surface area contributed by atoms with Crippen molar-refractivity contribution >= 4 is 0 Å². The predicted molar refractivity (Wildman–Crippen MR) is 82.7 cm³/mol. The Morgan fingerprint density at radius 1 is 1.38 bits per heavy atom. The molecular formula is C16H26N2O3. The SMILES string of the molecule is COc1cccc([C@@H](C)NCC(O)CN2CCOCC2)c1. The minimum atomic E-state index is -0.365. The summed E-state index contributed by atoms with van der Waals surface area (Å²) >= 11 is 0. The number of nitrogens with one attached hydrogen (secondary N) is 1. The van der Waals surface area contributed by atoms with E-state index in [0.29, 0.717) is 13.1 Å². The van der Waals surface area contributed by atoms with Gasteiger partial charge in [0, 0.05) is 32.2 Å². The lowest BCUT2D eigenvalue weighted by molar-refractivity contribution is 0.0145. The van der Waals surface area contributed by atoms with Crippen LogP contribution in [0.15, 0.2) is 24.3 Å². The van der Waals surface area contributed by atoms with Gasteiger partial charge in [-0.15, -0.1) is 0 Å². The first-order valence-electron chi connectivity index (χ1n) is 7.54. The summed E-state index contributed by atoms with van der Waals surface area (Å²) in [5.74, 6) is 0.856. The zero-order valence-corrected chi connectivity index (χ0v) is 12.9. The second-order valence-electron chi connectivity index (χ2n) is 5.47. The second-order valence-corrected chi connectivity index (χ2v) is 5.47. The number of morpholine rings is 1. The quantitative estimate of drug-likeness (QED) is 0.787. The van der Waals surface area contributed by atoms with Gasteiger partial charge in [0.1, 0.15) is 5.75 Å². The standard InChI is InChI=1S/C16H26N2O3/c1-13(14-4-3-5-16(10-14)20-2)17-11-15(19)12-18-6-8-21-9-7-18/h3-5,10,13,15,17,19H,6-9,11-12H2,1-2H3/t13-,15?/m1/s1. The molecule has 2 atom stereocenters. The Morgan fingerprint density at radius 3 is 2.86 bits per heavy atom. The number of ether oxygens (including phenoxy) is 2. The van der Waals surface area contributed by atoms with E-state index >= 15 is 0 Å². The lowest BCUT2D eigenvalue weighted by atomic mass is 10.1. The molecule has 0 spiro atoms. The van der Waals surface area contributed by atoms with E-state index in [1.165, 1.54) is 0 Å². The van der Waals surface area contributed by atoms with Gasteiger partial charge in [-0.3, -0.25) is 4.90 Å². The summed E-state index contributed by atoms with van der Waals surface area (Å²) in [4.78, 5) is 2.24. The molecular weight excluding hydrogens is 268 g/mol. The number of benzene rings is 1. The fraction of sp³-hybridized carbons (Fsp3) is 0.625. The second kappa shape index (κ2) is 8.34. The van der Waals surface area contributed by atoms with E-state index in [1.807, 2.05) is 18.2 Å². The number of hydrogen-bond acceptors (Lipinski definition) is 5. The Kier molecular flexibility index (Phi) is 6.45. The van der Waals surface area contributed by atoms with Crippen LogP contribution in [0.3, 0.4) is 0 Å². The van der Waals surface area contributed by atoms with Crippen molar-refractivity contribution in [2.45, 2.75) is 19.1 Å². The number of aliphatic hydroxyl groups is 1. The summed E-state index contributed by atoms with van der Waals surface area (Å²) in [6, 6.07) is 8.18. The van der Waals surface area contributed by atoms with Gasteiger partial charge in [0.15, 0.2) is 0 Å². The smallest absolute Gasteiger partial charge is 0.119 e. The van der Waals surface area contributed by atoms with Gasteiger partial charge in [-0.25, -0.2) is 0 Å². The Morgan fingerprint density at radius 2 is 2.14 bits per heavy atom. The molecule has 1 aromatic carbocycles. The average molecular weight is 294 g/mol. The van der Waals surface area contributed by atoms with E-state index in [9.17, 15) is 5.11 Å². The van der Waals surface area contributed by atoms with Crippen molar-refractivity contribution < 1.29 is 14.6 Å². The maximum atomic E-state index is 10.1. The van der Waals surface area contributed by atoms with Crippen LogP contribution in [0.5, 0.6) is 5.75 Å². The maximum Gasteiger partial charge on any atom is 0.119 e. The normalized spacial score (nSPS) is 19.2. The van der Waals surface area contributed by atoms with Crippen molar-refractivity contribution in [1.29, 1.82) is 0 Å². The fourth-order valence-electron chi connectivity index (χ4n) is 2.49. The molecule has 21 heavy (non-hydrogen) atoms. The summed E-state index contributed by atoms with van der Waals surface area (Å²) in [5, 5.41) is 13.5. The van der Waals surface area contributed by atoms with Crippen LogP contribution >= 0.6 is 0 Å². The minimum Gasteiger partial charge on any atom is -0.497 e. The molecule has 0 amide bonds. The number of aliphatic hydroxyl groups excluding tert-OH is 1. The van der Waals surface area contributed by atoms with E-state index in [2.05, 4.69) is 23.2 Å². The Balaban J connectivity index is 1.75. The van der Waals surface area contributed by atoms with Crippen LogP contribution in [0.25, 0.3) is 0 Å². The van der Waals surface area contributed by atoms with Crippen LogP contribution in [-0.4, -0.2) is 62.6 Å². The van der Waals surface area contributed by atoms with Gasteiger partial charge in [0.25, 0.3) is 0 Å². The van der Waals surface area contributed by atoms with Crippen molar-refractivity contribution in [1.82, 2.24) is 10.2 Å². The molecule has 0 aromatic heterocycles. The minimum absolute atomic E-state index is 0.180. The van der Waals surface area contributed by atoms with Crippen molar-refractivity contribution in [3.8, 4) is 5.75 Å². The molecule has 1 fully saturated rings. The first kappa shape index (κ1) is 16.2. The van der Waals surface area contributed by atoms with E-state index in [0.717, 1.165) is 37.6 Å². The zero-order valence-electron chi connectivity index (χ0n) is 12.9. The zero-order chi connectivity index (χ0) is 15.1. The molecule has 5 heteroatoms.